The third kappa shape index (κ3) is 1.00. The minimum Gasteiger partial charge on any atom is -0.378 e. The molecule has 1 saturated heterocycles. The largest absolute Gasteiger partial charge is 0.378 e. The fraction of sp³-hybridized carbons (Fsp3) is 1.00. The van der Waals surface area contributed by atoms with Gasteiger partial charge in [-0.2, -0.15) is 0 Å². The third-order valence-electron chi connectivity index (χ3n) is 2.41. The van der Waals surface area contributed by atoms with Gasteiger partial charge < -0.3 is 4.74 Å². The second-order valence-corrected chi connectivity index (χ2v) is 4.57. The fourth-order valence-corrected chi connectivity index (χ4v) is 3.04. The zero-order valence-electron chi connectivity index (χ0n) is 5.35. The van der Waals surface area contributed by atoms with Crippen molar-refractivity contribution in [1.29, 1.82) is 0 Å². The highest BCUT2D eigenvalue weighted by atomic mass is 127. The predicted octanol–water partition coefficient (Wildman–Crippen LogP) is 1.99. The predicted molar refractivity (Wildman–Crippen MR) is 44.9 cm³/mol. The quantitative estimate of drug-likeness (QED) is 0.463. The van der Waals surface area contributed by atoms with E-state index in [0.717, 1.165) is 16.4 Å². The van der Waals surface area contributed by atoms with Crippen molar-refractivity contribution >= 4 is 22.6 Å². The van der Waals surface area contributed by atoms with E-state index >= 15 is 0 Å². The summed E-state index contributed by atoms with van der Waals surface area (Å²) in [6.07, 6.45) is 4.67. The van der Waals surface area contributed by atoms with Crippen LogP contribution in [-0.2, 0) is 4.74 Å². The number of fused-ring (bicyclic) bond motifs is 1. The van der Waals surface area contributed by atoms with E-state index in [9.17, 15) is 0 Å². The average Bonchev–Trinajstić information content (AvgIpc) is 1.86. The molecule has 1 heterocycles. The lowest BCUT2D eigenvalue weighted by Crippen LogP contribution is -2.46. The van der Waals surface area contributed by atoms with E-state index in [4.69, 9.17) is 4.74 Å². The second-order valence-electron chi connectivity index (χ2n) is 2.97. The minimum atomic E-state index is 0.653. The molecule has 0 aromatic rings. The summed E-state index contributed by atoms with van der Waals surface area (Å²) in [7, 11) is 0. The van der Waals surface area contributed by atoms with E-state index in [2.05, 4.69) is 22.6 Å². The van der Waals surface area contributed by atoms with Gasteiger partial charge in [0.2, 0.25) is 0 Å². The van der Waals surface area contributed by atoms with E-state index in [1.54, 1.807) is 0 Å². The molecular formula is C7H11IO. The molecule has 1 saturated carbocycles. The van der Waals surface area contributed by atoms with Crippen LogP contribution in [0.2, 0.25) is 0 Å². The first-order valence-corrected chi connectivity index (χ1v) is 4.88. The molecule has 2 heteroatoms. The normalized spacial score (nSPS) is 49.7. The van der Waals surface area contributed by atoms with Crippen molar-refractivity contribution in [2.75, 3.05) is 6.61 Å². The van der Waals surface area contributed by atoms with Crippen LogP contribution in [0.4, 0.5) is 0 Å². The van der Waals surface area contributed by atoms with Gasteiger partial charge in [0.15, 0.2) is 0 Å². The molecule has 9 heavy (non-hydrogen) atoms. The summed E-state index contributed by atoms with van der Waals surface area (Å²) < 4.78 is 6.47. The summed E-state index contributed by atoms with van der Waals surface area (Å²) in [6, 6.07) is 0. The smallest absolute Gasteiger partial charge is 0.0623 e. The first-order valence-electron chi connectivity index (χ1n) is 3.63. The summed E-state index contributed by atoms with van der Waals surface area (Å²) in [4.78, 5) is 0. The molecule has 0 unspecified atom stereocenters. The lowest BCUT2D eigenvalue weighted by molar-refractivity contribution is -0.0738. The van der Waals surface area contributed by atoms with Crippen LogP contribution >= 0.6 is 22.6 Å². The molecule has 1 aliphatic heterocycles. The second kappa shape index (κ2) is 2.38. The number of rotatable bonds is 0. The minimum absolute atomic E-state index is 0.653. The maximum atomic E-state index is 5.54. The van der Waals surface area contributed by atoms with E-state index in [1.165, 1.54) is 19.3 Å². The SMILES string of the molecule is I[C@H]1C[C@H]2OCCC[C@@H]12. The van der Waals surface area contributed by atoms with Crippen LogP contribution in [0.3, 0.4) is 0 Å². The lowest BCUT2D eigenvalue weighted by Gasteiger charge is -2.44. The number of hydrogen-bond donors (Lipinski definition) is 0. The van der Waals surface area contributed by atoms with E-state index in [-0.39, 0.29) is 0 Å². The van der Waals surface area contributed by atoms with Gasteiger partial charge in [0.1, 0.15) is 0 Å². The molecule has 0 N–H and O–H groups in total. The van der Waals surface area contributed by atoms with Gasteiger partial charge in [0, 0.05) is 10.5 Å². The molecule has 52 valence electrons. The van der Waals surface area contributed by atoms with Crippen molar-refractivity contribution in [2.24, 2.45) is 5.92 Å². The van der Waals surface area contributed by atoms with Gasteiger partial charge in [0.05, 0.1) is 6.10 Å². The van der Waals surface area contributed by atoms with E-state index < -0.39 is 0 Å². The maximum absolute atomic E-state index is 5.54. The average molecular weight is 238 g/mol. The van der Waals surface area contributed by atoms with Crippen molar-refractivity contribution in [3.05, 3.63) is 0 Å². The summed E-state index contributed by atoms with van der Waals surface area (Å²) in [5.41, 5.74) is 0. The molecule has 1 nitrogen and oxygen atoms in total. The van der Waals surface area contributed by atoms with Crippen molar-refractivity contribution in [3.63, 3.8) is 0 Å². The van der Waals surface area contributed by atoms with Crippen molar-refractivity contribution in [3.8, 4) is 0 Å². The number of hydrogen-bond acceptors (Lipinski definition) is 1. The Morgan fingerprint density at radius 3 is 2.89 bits per heavy atom. The molecule has 0 amide bonds. The Labute approximate surface area is 69.3 Å². The van der Waals surface area contributed by atoms with Gasteiger partial charge in [-0.3, -0.25) is 0 Å². The Hall–Kier alpha value is 0.690. The number of alkyl halides is 1. The molecule has 2 rings (SSSR count). The van der Waals surface area contributed by atoms with Crippen LogP contribution in [0, 0.1) is 5.92 Å². The number of ether oxygens (including phenoxy) is 1. The summed E-state index contributed by atoms with van der Waals surface area (Å²) in [5, 5.41) is 0. The Morgan fingerprint density at radius 1 is 1.44 bits per heavy atom. The van der Waals surface area contributed by atoms with Crippen LogP contribution in [0.25, 0.3) is 0 Å². The molecule has 3 atom stereocenters. The van der Waals surface area contributed by atoms with Crippen LogP contribution in [0.15, 0.2) is 0 Å². The van der Waals surface area contributed by atoms with E-state index in [0.29, 0.717) is 6.10 Å². The Kier molecular flexibility index (Phi) is 1.69. The molecule has 0 aromatic carbocycles. The van der Waals surface area contributed by atoms with Gasteiger partial charge >= 0.3 is 0 Å². The van der Waals surface area contributed by atoms with Gasteiger partial charge in [-0.05, 0) is 25.2 Å². The zero-order valence-corrected chi connectivity index (χ0v) is 7.50. The molecule has 1 aliphatic carbocycles. The Bertz CT molecular complexity index is 113. The highest BCUT2D eigenvalue weighted by Crippen LogP contribution is 2.42. The monoisotopic (exact) mass is 238 g/mol. The van der Waals surface area contributed by atoms with Gasteiger partial charge in [0.25, 0.3) is 0 Å². The molecular weight excluding hydrogens is 227 g/mol. The molecule has 0 bridgehead atoms. The maximum Gasteiger partial charge on any atom is 0.0623 e. The summed E-state index contributed by atoms with van der Waals surface area (Å²) >= 11 is 2.55. The van der Waals surface area contributed by atoms with Crippen LogP contribution in [-0.4, -0.2) is 16.6 Å². The zero-order chi connectivity index (χ0) is 6.27. The lowest BCUT2D eigenvalue weighted by atomic mass is 9.77. The van der Waals surface area contributed by atoms with Crippen molar-refractivity contribution in [1.82, 2.24) is 0 Å². The van der Waals surface area contributed by atoms with Gasteiger partial charge in [-0.15, -0.1) is 0 Å². The summed E-state index contributed by atoms with van der Waals surface area (Å²) in [6.45, 7) is 1.02. The highest BCUT2D eigenvalue weighted by Gasteiger charge is 2.41. The topological polar surface area (TPSA) is 9.23 Å². The molecule has 0 radical (unpaired) electrons. The molecule has 0 spiro atoms. The van der Waals surface area contributed by atoms with Crippen molar-refractivity contribution < 1.29 is 4.74 Å². The molecule has 2 aliphatic rings. The fourth-order valence-electron chi connectivity index (χ4n) is 1.72. The standard InChI is InChI=1S/C7H11IO/c8-6-4-7-5(6)2-1-3-9-7/h5-7H,1-4H2/t5-,6-,7+/m0/s1. The van der Waals surface area contributed by atoms with Crippen LogP contribution in [0.1, 0.15) is 19.3 Å². The van der Waals surface area contributed by atoms with Gasteiger partial charge in [-0.1, -0.05) is 22.6 Å². The van der Waals surface area contributed by atoms with Crippen LogP contribution < -0.4 is 0 Å². The van der Waals surface area contributed by atoms with E-state index in [1.807, 2.05) is 0 Å². The van der Waals surface area contributed by atoms with Crippen molar-refractivity contribution in [2.45, 2.75) is 29.3 Å². The summed E-state index contributed by atoms with van der Waals surface area (Å²) in [5.74, 6) is 0.916. The molecule has 2 fully saturated rings. The highest BCUT2D eigenvalue weighted by molar-refractivity contribution is 14.1. The van der Waals surface area contributed by atoms with Gasteiger partial charge in [-0.25, -0.2) is 0 Å². The molecule has 0 aromatic heterocycles. The Balaban J connectivity index is 1.94. The first kappa shape index (κ1) is 6.40. The van der Waals surface area contributed by atoms with Crippen LogP contribution in [0.5, 0.6) is 0 Å². The third-order valence-corrected chi connectivity index (χ3v) is 3.85. The number of halogens is 1. The first-order chi connectivity index (χ1) is 4.38. The Morgan fingerprint density at radius 2 is 2.33 bits per heavy atom.